The lowest BCUT2D eigenvalue weighted by atomic mass is 10.1. The highest BCUT2D eigenvalue weighted by Crippen LogP contribution is 2.27. The van der Waals surface area contributed by atoms with E-state index < -0.39 is 0 Å². The van der Waals surface area contributed by atoms with E-state index in [9.17, 15) is 0 Å². The maximum atomic E-state index is 5.49. The highest BCUT2D eigenvalue weighted by Gasteiger charge is 2.17. The van der Waals surface area contributed by atoms with Crippen LogP contribution >= 0.6 is 11.3 Å². The van der Waals surface area contributed by atoms with E-state index in [0.717, 1.165) is 89.4 Å². The summed E-state index contributed by atoms with van der Waals surface area (Å²) in [5, 5.41) is 3.30. The smallest absolute Gasteiger partial charge is 0.186 e. The van der Waals surface area contributed by atoms with Crippen molar-refractivity contribution in [2.24, 2.45) is 0 Å². The number of hydrogen-bond acceptors (Lipinski definition) is 8. The van der Waals surface area contributed by atoms with E-state index in [-0.39, 0.29) is 0 Å². The molecule has 0 aliphatic carbocycles. The minimum absolute atomic E-state index is 0.786. The average molecular weight is 522 g/mol. The fourth-order valence-corrected chi connectivity index (χ4v) is 5.79. The number of rotatable bonds is 10. The van der Waals surface area contributed by atoms with Gasteiger partial charge in [0.1, 0.15) is 5.75 Å². The van der Waals surface area contributed by atoms with Gasteiger partial charge < -0.3 is 24.2 Å². The van der Waals surface area contributed by atoms with Crippen molar-refractivity contribution in [2.75, 3.05) is 83.0 Å². The summed E-state index contributed by atoms with van der Waals surface area (Å²) in [6.07, 6.45) is 0.975. The summed E-state index contributed by atoms with van der Waals surface area (Å²) in [5.41, 5.74) is 5.01. The number of piperazine rings is 1. The third kappa shape index (κ3) is 7.23. The molecule has 2 aliphatic heterocycles. The van der Waals surface area contributed by atoms with Crippen LogP contribution < -0.4 is 14.5 Å². The molecule has 0 atom stereocenters. The first-order chi connectivity index (χ1) is 18.2. The number of aromatic nitrogens is 1. The predicted octanol–water partition coefficient (Wildman–Crippen LogP) is 3.99. The molecular formula is C29H39N5O2S. The second-order valence-corrected chi connectivity index (χ2v) is 10.8. The van der Waals surface area contributed by atoms with Crippen LogP contribution in [0.3, 0.4) is 0 Å². The molecule has 3 heterocycles. The summed E-state index contributed by atoms with van der Waals surface area (Å²) in [5.74, 6) is 0.888. The van der Waals surface area contributed by atoms with Gasteiger partial charge in [0, 0.05) is 76.4 Å². The average Bonchev–Trinajstić information content (AvgIpc) is 3.42. The Hall–Kier alpha value is -2.65. The highest BCUT2D eigenvalue weighted by atomic mass is 32.1. The molecule has 37 heavy (non-hydrogen) atoms. The van der Waals surface area contributed by atoms with Gasteiger partial charge in [0.15, 0.2) is 5.13 Å². The Balaban J connectivity index is 1.29. The van der Waals surface area contributed by atoms with Crippen molar-refractivity contribution < 1.29 is 9.47 Å². The molecule has 3 aromatic rings. The van der Waals surface area contributed by atoms with Gasteiger partial charge in [-0.2, -0.15) is 0 Å². The summed E-state index contributed by atoms with van der Waals surface area (Å²) in [7, 11) is 3.92. The van der Waals surface area contributed by atoms with E-state index in [1.54, 1.807) is 18.4 Å². The van der Waals surface area contributed by atoms with Crippen LogP contribution in [-0.4, -0.2) is 88.0 Å². The van der Waals surface area contributed by atoms with Gasteiger partial charge in [0.05, 0.1) is 26.0 Å². The topological polar surface area (TPSA) is 44.3 Å². The van der Waals surface area contributed by atoms with Crippen LogP contribution in [0.15, 0.2) is 53.9 Å². The lowest BCUT2D eigenvalue weighted by Gasteiger charge is -2.34. The summed E-state index contributed by atoms with van der Waals surface area (Å²) >= 11 is 1.75. The van der Waals surface area contributed by atoms with Crippen LogP contribution in [0.4, 0.5) is 10.8 Å². The number of methoxy groups -OCH3 is 1. The van der Waals surface area contributed by atoms with Crippen molar-refractivity contribution in [1.29, 1.82) is 0 Å². The molecule has 7 nitrogen and oxygen atoms in total. The number of hydrogen-bond donors (Lipinski definition) is 0. The largest absolute Gasteiger partial charge is 0.497 e. The summed E-state index contributed by atoms with van der Waals surface area (Å²) in [6.45, 7) is 10.8. The first kappa shape index (κ1) is 26.0. The minimum Gasteiger partial charge on any atom is -0.497 e. The monoisotopic (exact) mass is 521 g/mol. The summed E-state index contributed by atoms with van der Waals surface area (Å²) in [4.78, 5) is 14.8. The standard InChI is InChI=1S/C29H39N5O2S/c1-31-12-14-33(15-13-31)27-8-6-24(7-9-27)21-34(22-25-4-3-5-28(20-25)35-2)29-30-26(23-37-29)10-11-32-16-18-36-19-17-32/h3-9,20,23H,10-19,21-22H2,1-2H3. The summed E-state index contributed by atoms with van der Waals surface area (Å²) < 4.78 is 11.0. The molecule has 0 saturated carbocycles. The molecule has 2 aliphatic rings. The third-order valence-corrected chi connectivity index (χ3v) is 8.23. The van der Waals surface area contributed by atoms with E-state index >= 15 is 0 Å². The van der Waals surface area contributed by atoms with Gasteiger partial charge in [0.2, 0.25) is 0 Å². The van der Waals surface area contributed by atoms with Crippen LogP contribution in [0, 0.1) is 0 Å². The molecule has 2 fully saturated rings. The Morgan fingerprint density at radius 2 is 1.70 bits per heavy atom. The van der Waals surface area contributed by atoms with Crippen LogP contribution in [0.5, 0.6) is 5.75 Å². The van der Waals surface area contributed by atoms with Crippen molar-refractivity contribution in [2.45, 2.75) is 19.5 Å². The molecule has 0 radical (unpaired) electrons. The minimum atomic E-state index is 0.786. The quantitative estimate of drug-likeness (QED) is 0.400. The Labute approximate surface area is 225 Å². The molecule has 1 aromatic heterocycles. The number of benzene rings is 2. The van der Waals surface area contributed by atoms with E-state index in [4.69, 9.17) is 14.5 Å². The molecule has 2 aromatic carbocycles. The van der Waals surface area contributed by atoms with Gasteiger partial charge in [-0.1, -0.05) is 24.3 Å². The molecule has 0 amide bonds. The van der Waals surface area contributed by atoms with Gasteiger partial charge >= 0.3 is 0 Å². The van der Waals surface area contributed by atoms with Crippen molar-refractivity contribution in [3.8, 4) is 5.75 Å². The van der Waals surface area contributed by atoms with Crippen LogP contribution in [0.2, 0.25) is 0 Å². The lowest BCUT2D eigenvalue weighted by molar-refractivity contribution is 0.0383. The zero-order valence-corrected chi connectivity index (χ0v) is 23.0. The first-order valence-electron chi connectivity index (χ1n) is 13.3. The number of nitrogens with zero attached hydrogens (tertiary/aromatic N) is 5. The SMILES string of the molecule is COc1cccc(CN(Cc2ccc(N3CCN(C)CC3)cc2)c2nc(CCN3CCOCC3)cs2)c1. The van der Waals surface area contributed by atoms with E-state index in [1.165, 1.54) is 22.5 Å². The molecular weight excluding hydrogens is 482 g/mol. The van der Waals surface area contributed by atoms with Crippen molar-refractivity contribution in [1.82, 2.24) is 14.8 Å². The molecule has 8 heteroatoms. The predicted molar refractivity (Wildman–Crippen MR) is 152 cm³/mol. The zero-order chi connectivity index (χ0) is 25.5. The zero-order valence-electron chi connectivity index (χ0n) is 22.1. The number of morpholine rings is 1. The Morgan fingerprint density at radius 3 is 2.46 bits per heavy atom. The Bertz CT molecular complexity index is 1110. The molecule has 198 valence electrons. The second-order valence-electron chi connectivity index (χ2n) is 9.99. The van der Waals surface area contributed by atoms with Crippen molar-refractivity contribution in [3.05, 3.63) is 70.7 Å². The van der Waals surface area contributed by atoms with Crippen molar-refractivity contribution >= 4 is 22.2 Å². The highest BCUT2D eigenvalue weighted by molar-refractivity contribution is 7.13. The number of anilines is 2. The van der Waals surface area contributed by atoms with Crippen LogP contribution in [0.25, 0.3) is 0 Å². The maximum absolute atomic E-state index is 5.49. The molecule has 0 N–H and O–H groups in total. The number of likely N-dealkylation sites (N-methyl/N-ethyl adjacent to an activating group) is 1. The van der Waals surface area contributed by atoms with E-state index in [0.29, 0.717) is 0 Å². The normalized spacial score (nSPS) is 17.2. The van der Waals surface area contributed by atoms with Crippen LogP contribution in [0.1, 0.15) is 16.8 Å². The molecule has 0 spiro atoms. The first-order valence-corrected chi connectivity index (χ1v) is 14.2. The lowest BCUT2D eigenvalue weighted by Crippen LogP contribution is -2.44. The van der Waals surface area contributed by atoms with Gasteiger partial charge in [-0.3, -0.25) is 4.90 Å². The van der Waals surface area contributed by atoms with Crippen molar-refractivity contribution in [3.63, 3.8) is 0 Å². The van der Waals surface area contributed by atoms with E-state index in [2.05, 4.69) is 74.5 Å². The van der Waals surface area contributed by atoms with Gasteiger partial charge in [0.25, 0.3) is 0 Å². The third-order valence-electron chi connectivity index (χ3n) is 7.28. The van der Waals surface area contributed by atoms with Gasteiger partial charge in [-0.25, -0.2) is 4.98 Å². The fraction of sp³-hybridized carbons (Fsp3) is 0.483. The second kappa shape index (κ2) is 12.7. The van der Waals surface area contributed by atoms with Gasteiger partial charge in [-0.15, -0.1) is 11.3 Å². The van der Waals surface area contributed by atoms with E-state index in [1.807, 2.05) is 6.07 Å². The molecule has 2 saturated heterocycles. The van der Waals surface area contributed by atoms with Gasteiger partial charge in [-0.05, 0) is 42.4 Å². The fourth-order valence-electron chi connectivity index (χ4n) is 4.93. The number of ether oxygens (including phenoxy) is 2. The number of thiazole rings is 1. The van der Waals surface area contributed by atoms with Crippen LogP contribution in [-0.2, 0) is 24.2 Å². The Morgan fingerprint density at radius 1 is 0.946 bits per heavy atom. The molecule has 0 bridgehead atoms. The maximum Gasteiger partial charge on any atom is 0.186 e. The molecule has 0 unspecified atom stereocenters. The summed E-state index contributed by atoms with van der Waals surface area (Å²) in [6, 6.07) is 17.5. The molecule has 5 rings (SSSR count). The Kier molecular flexibility index (Phi) is 8.94.